The fourth-order valence-corrected chi connectivity index (χ4v) is 2.52. The Morgan fingerprint density at radius 3 is 2.54 bits per heavy atom. The quantitative estimate of drug-likeness (QED) is 0.601. The molecule has 2 aromatic rings. The molecular formula is C19H25Cl2NO2. The van der Waals surface area contributed by atoms with Crippen LogP contribution < -0.4 is 10.1 Å². The largest absolute Gasteiger partial charge is 0.489 e. The van der Waals surface area contributed by atoms with Crippen molar-refractivity contribution in [2.24, 2.45) is 0 Å². The molecule has 0 aliphatic carbocycles. The molecule has 2 rings (SSSR count). The molecule has 0 bridgehead atoms. The number of benzene rings is 2. The highest BCUT2D eigenvalue weighted by Gasteiger charge is 2.05. The fourth-order valence-electron chi connectivity index (χ4n) is 2.32. The van der Waals surface area contributed by atoms with Crippen molar-refractivity contribution in [1.29, 1.82) is 0 Å². The summed E-state index contributed by atoms with van der Waals surface area (Å²) >= 11 is 6.10. The normalized spacial score (nSPS) is 10.2. The third-order valence-electron chi connectivity index (χ3n) is 3.59. The highest BCUT2D eigenvalue weighted by atomic mass is 35.5. The molecule has 0 saturated carbocycles. The van der Waals surface area contributed by atoms with Crippen LogP contribution in [0.25, 0.3) is 0 Å². The number of ether oxygens (including phenoxy) is 1. The summed E-state index contributed by atoms with van der Waals surface area (Å²) in [5, 5.41) is 12.9. The van der Waals surface area contributed by atoms with E-state index in [1.54, 1.807) is 0 Å². The lowest BCUT2D eigenvalue weighted by Gasteiger charge is -2.13. The predicted octanol–water partition coefficient (Wildman–Crippen LogP) is 4.59. The molecule has 0 spiro atoms. The van der Waals surface area contributed by atoms with Gasteiger partial charge in [0.1, 0.15) is 12.4 Å². The van der Waals surface area contributed by atoms with Crippen LogP contribution in [0.15, 0.2) is 48.5 Å². The van der Waals surface area contributed by atoms with E-state index in [2.05, 4.69) is 17.4 Å². The third kappa shape index (κ3) is 7.54. The first-order chi connectivity index (χ1) is 11.3. The van der Waals surface area contributed by atoms with Crippen LogP contribution in [0.1, 0.15) is 30.4 Å². The van der Waals surface area contributed by atoms with Gasteiger partial charge in [0.05, 0.1) is 0 Å². The molecule has 0 aromatic heterocycles. The molecule has 0 amide bonds. The van der Waals surface area contributed by atoms with Crippen LogP contribution in [0.2, 0.25) is 5.02 Å². The Bertz CT molecular complexity index is 579. The van der Waals surface area contributed by atoms with Gasteiger partial charge in [-0.05, 0) is 49.6 Å². The highest BCUT2D eigenvalue weighted by Crippen LogP contribution is 2.24. The second-order valence-electron chi connectivity index (χ2n) is 5.49. The van der Waals surface area contributed by atoms with Crippen molar-refractivity contribution in [3.05, 3.63) is 64.7 Å². The zero-order valence-electron chi connectivity index (χ0n) is 13.7. The van der Waals surface area contributed by atoms with Crippen molar-refractivity contribution in [3.8, 4) is 5.75 Å². The van der Waals surface area contributed by atoms with Crippen LogP contribution in [-0.4, -0.2) is 18.3 Å². The standard InChI is InChI=1S/C19H24ClNO2.ClH/c20-18-9-10-19(23-15-16-7-3-1-4-8-16)17(13-18)14-21-11-5-2-6-12-22;/h1,3-4,7-10,13,21-22H,2,5-6,11-12,14-15H2;1H. The van der Waals surface area contributed by atoms with Crippen LogP contribution in [0.5, 0.6) is 5.75 Å². The minimum atomic E-state index is 0. The lowest BCUT2D eigenvalue weighted by Crippen LogP contribution is -2.15. The molecule has 0 aliphatic heterocycles. The zero-order chi connectivity index (χ0) is 16.3. The van der Waals surface area contributed by atoms with Gasteiger partial charge in [-0.1, -0.05) is 41.9 Å². The minimum absolute atomic E-state index is 0. The average molecular weight is 370 g/mol. The Kier molecular flexibility index (Phi) is 10.5. The summed E-state index contributed by atoms with van der Waals surface area (Å²) in [7, 11) is 0. The number of nitrogens with one attached hydrogen (secondary N) is 1. The van der Waals surface area contributed by atoms with Gasteiger partial charge in [-0.3, -0.25) is 0 Å². The van der Waals surface area contributed by atoms with E-state index < -0.39 is 0 Å². The van der Waals surface area contributed by atoms with Gasteiger partial charge in [-0.15, -0.1) is 12.4 Å². The predicted molar refractivity (Wildman–Crippen MR) is 102 cm³/mol. The molecule has 24 heavy (non-hydrogen) atoms. The Hall–Kier alpha value is -1.26. The Labute approximate surface area is 155 Å². The third-order valence-corrected chi connectivity index (χ3v) is 3.82. The summed E-state index contributed by atoms with van der Waals surface area (Å²) in [6, 6.07) is 15.8. The number of hydrogen-bond donors (Lipinski definition) is 2. The topological polar surface area (TPSA) is 41.5 Å². The molecule has 0 unspecified atom stereocenters. The second-order valence-corrected chi connectivity index (χ2v) is 5.92. The van der Waals surface area contributed by atoms with Gasteiger partial charge < -0.3 is 15.2 Å². The molecular weight excluding hydrogens is 345 g/mol. The van der Waals surface area contributed by atoms with E-state index in [4.69, 9.17) is 21.4 Å². The molecule has 0 saturated heterocycles. The molecule has 132 valence electrons. The molecule has 2 N–H and O–H groups in total. The molecule has 5 heteroatoms. The summed E-state index contributed by atoms with van der Waals surface area (Å²) in [5.74, 6) is 0.862. The maximum absolute atomic E-state index is 8.77. The van der Waals surface area contributed by atoms with Crippen LogP contribution in [-0.2, 0) is 13.2 Å². The van der Waals surface area contributed by atoms with Gasteiger partial charge in [0.25, 0.3) is 0 Å². The number of unbranched alkanes of at least 4 members (excludes halogenated alkanes) is 2. The number of halogens is 2. The van der Waals surface area contributed by atoms with E-state index in [1.165, 1.54) is 0 Å². The van der Waals surface area contributed by atoms with Crippen molar-refractivity contribution < 1.29 is 9.84 Å². The zero-order valence-corrected chi connectivity index (χ0v) is 15.3. The number of hydrogen-bond acceptors (Lipinski definition) is 3. The number of aliphatic hydroxyl groups excluding tert-OH is 1. The van der Waals surface area contributed by atoms with Crippen molar-refractivity contribution in [2.75, 3.05) is 13.2 Å². The fraction of sp³-hybridized carbons (Fsp3) is 0.368. The van der Waals surface area contributed by atoms with Gasteiger partial charge in [0.15, 0.2) is 0 Å². The number of aliphatic hydroxyl groups is 1. The van der Waals surface area contributed by atoms with Crippen LogP contribution in [0, 0.1) is 0 Å². The van der Waals surface area contributed by atoms with Gasteiger partial charge in [0.2, 0.25) is 0 Å². The SMILES string of the molecule is Cl.OCCCCCNCc1cc(Cl)ccc1OCc1ccccc1. The average Bonchev–Trinajstić information content (AvgIpc) is 2.58. The first kappa shape index (κ1) is 20.8. The first-order valence-electron chi connectivity index (χ1n) is 8.06. The Morgan fingerprint density at radius 1 is 1.00 bits per heavy atom. The molecule has 0 aliphatic rings. The van der Waals surface area contributed by atoms with Crippen molar-refractivity contribution >= 4 is 24.0 Å². The van der Waals surface area contributed by atoms with Crippen molar-refractivity contribution in [3.63, 3.8) is 0 Å². The lowest BCUT2D eigenvalue weighted by atomic mass is 10.2. The maximum atomic E-state index is 8.77. The summed E-state index contributed by atoms with van der Waals surface area (Å²) in [4.78, 5) is 0. The van der Waals surface area contributed by atoms with Gasteiger partial charge in [0, 0.05) is 23.7 Å². The van der Waals surface area contributed by atoms with Gasteiger partial charge in [-0.25, -0.2) is 0 Å². The first-order valence-corrected chi connectivity index (χ1v) is 8.44. The summed E-state index contributed by atoms with van der Waals surface area (Å²) in [6.07, 6.45) is 2.96. The van der Waals surface area contributed by atoms with Crippen LogP contribution >= 0.6 is 24.0 Å². The van der Waals surface area contributed by atoms with Crippen LogP contribution in [0.3, 0.4) is 0 Å². The van der Waals surface area contributed by atoms with Crippen LogP contribution in [0.4, 0.5) is 0 Å². The van der Waals surface area contributed by atoms with Gasteiger partial charge >= 0.3 is 0 Å². The Morgan fingerprint density at radius 2 is 1.79 bits per heavy atom. The summed E-state index contributed by atoms with van der Waals surface area (Å²) in [6.45, 7) is 2.46. The summed E-state index contributed by atoms with van der Waals surface area (Å²) < 4.78 is 5.94. The van der Waals surface area contributed by atoms with Crippen molar-refractivity contribution in [1.82, 2.24) is 5.32 Å². The van der Waals surface area contributed by atoms with Crippen molar-refractivity contribution in [2.45, 2.75) is 32.4 Å². The van der Waals surface area contributed by atoms with E-state index >= 15 is 0 Å². The maximum Gasteiger partial charge on any atom is 0.124 e. The minimum Gasteiger partial charge on any atom is -0.489 e. The van der Waals surface area contributed by atoms with E-state index in [9.17, 15) is 0 Å². The smallest absolute Gasteiger partial charge is 0.124 e. The molecule has 3 nitrogen and oxygen atoms in total. The van der Waals surface area contributed by atoms with E-state index in [-0.39, 0.29) is 19.0 Å². The van der Waals surface area contributed by atoms with E-state index in [0.717, 1.165) is 49.2 Å². The summed E-state index contributed by atoms with van der Waals surface area (Å²) in [5.41, 5.74) is 2.21. The lowest BCUT2D eigenvalue weighted by molar-refractivity contribution is 0.282. The highest BCUT2D eigenvalue weighted by molar-refractivity contribution is 6.30. The van der Waals surface area contributed by atoms with E-state index in [1.807, 2.05) is 36.4 Å². The molecule has 2 aromatic carbocycles. The number of rotatable bonds is 10. The molecule has 0 atom stereocenters. The molecule has 0 heterocycles. The van der Waals surface area contributed by atoms with Gasteiger partial charge in [-0.2, -0.15) is 0 Å². The second kappa shape index (κ2) is 12.2. The molecule has 0 fully saturated rings. The Balaban J connectivity index is 0.00000288. The monoisotopic (exact) mass is 369 g/mol. The van der Waals surface area contributed by atoms with E-state index in [0.29, 0.717) is 11.6 Å². The molecule has 0 radical (unpaired) electrons.